The van der Waals surface area contributed by atoms with E-state index in [4.69, 9.17) is 5.73 Å². The van der Waals surface area contributed by atoms with E-state index < -0.39 is 24.3 Å². The summed E-state index contributed by atoms with van der Waals surface area (Å²) in [7, 11) is 0. The molecule has 4 nitrogen and oxygen atoms in total. The van der Waals surface area contributed by atoms with Crippen molar-refractivity contribution in [3.05, 3.63) is 12.1 Å². The van der Waals surface area contributed by atoms with E-state index in [1.165, 1.54) is 0 Å². The smallest absolute Gasteiger partial charge is 0.434 e. The maximum atomic E-state index is 12.1. The predicted molar refractivity (Wildman–Crippen MR) is 43.0 cm³/mol. The van der Waals surface area contributed by atoms with Gasteiger partial charge < -0.3 is 10.5 Å². The number of nitrogen functional groups attached to an aromatic ring is 1. The summed E-state index contributed by atoms with van der Waals surface area (Å²) in [5.41, 5.74) is 5.06. The van der Waals surface area contributed by atoms with Gasteiger partial charge in [0.2, 0.25) is 5.88 Å². The highest BCUT2D eigenvalue weighted by atomic mass is 19.4. The van der Waals surface area contributed by atoms with Crippen LogP contribution in [-0.2, 0) is 0 Å². The fourth-order valence-corrected chi connectivity index (χ4v) is 0.833. The van der Waals surface area contributed by atoms with Crippen LogP contribution in [0.15, 0.2) is 12.1 Å². The van der Waals surface area contributed by atoms with Crippen LogP contribution >= 0.6 is 0 Å². The first-order valence-corrected chi connectivity index (χ1v) is 4.00. The van der Waals surface area contributed by atoms with E-state index in [2.05, 4.69) is 14.9 Å². The standard InChI is InChI=1S/C7H5F6N3O/c8-6(9,10)5(7(11,12)13)17-4-2-1-3(14)15-16-4/h1-2,5H,(H2,14,15). The molecule has 0 saturated heterocycles. The summed E-state index contributed by atoms with van der Waals surface area (Å²) >= 11 is 0. The number of halogens is 6. The van der Waals surface area contributed by atoms with Gasteiger partial charge >= 0.3 is 12.4 Å². The van der Waals surface area contributed by atoms with E-state index in [-0.39, 0.29) is 5.82 Å². The second kappa shape index (κ2) is 4.26. The first kappa shape index (κ1) is 13.3. The summed E-state index contributed by atoms with van der Waals surface area (Å²) in [6.07, 6.45) is -15.1. The molecule has 0 aromatic carbocycles. The maximum Gasteiger partial charge on any atom is 0.434 e. The fraction of sp³-hybridized carbons (Fsp3) is 0.429. The highest BCUT2D eigenvalue weighted by Crippen LogP contribution is 2.35. The lowest BCUT2D eigenvalue weighted by molar-refractivity contribution is -0.300. The molecule has 2 N–H and O–H groups in total. The second-order valence-corrected chi connectivity index (χ2v) is 2.88. The molecule has 17 heavy (non-hydrogen) atoms. The molecule has 0 fully saturated rings. The third-order valence-electron chi connectivity index (χ3n) is 1.49. The Morgan fingerprint density at radius 2 is 1.53 bits per heavy atom. The Labute approximate surface area is 90.4 Å². The number of ether oxygens (including phenoxy) is 1. The second-order valence-electron chi connectivity index (χ2n) is 2.88. The van der Waals surface area contributed by atoms with Crippen molar-refractivity contribution in [3.63, 3.8) is 0 Å². The molecule has 0 saturated carbocycles. The largest absolute Gasteiger partial charge is 0.454 e. The number of hydrogen-bond acceptors (Lipinski definition) is 4. The van der Waals surface area contributed by atoms with E-state index in [9.17, 15) is 26.3 Å². The van der Waals surface area contributed by atoms with E-state index >= 15 is 0 Å². The van der Waals surface area contributed by atoms with Gasteiger partial charge in [-0.25, -0.2) is 0 Å². The minimum atomic E-state index is -5.60. The van der Waals surface area contributed by atoms with Gasteiger partial charge in [-0.15, -0.1) is 10.2 Å². The lowest BCUT2D eigenvalue weighted by Gasteiger charge is -2.22. The van der Waals surface area contributed by atoms with Crippen LogP contribution < -0.4 is 10.5 Å². The van der Waals surface area contributed by atoms with Crippen molar-refractivity contribution in [2.24, 2.45) is 0 Å². The molecule has 1 aromatic heterocycles. The Kier molecular flexibility index (Phi) is 3.34. The SMILES string of the molecule is Nc1ccc(OC(C(F)(F)F)C(F)(F)F)nn1. The van der Waals surface area contributed by atoms with Crippen LogP contribution in [-0.4, -0.2) is 28.7 Å². The van der Waals surface area contributed by atoms with Crippen LogP contribution in [0.5, 0.6) is 5.88 Å². The van der Waals surface area contributed by atoms with E-state index in [1.54, 1.807) is 0 Å². The molecule has 0 aliphatic heterocycles. The summed E-state index contributed by atoms with van der Waals surface area (Å²) in [4.78, 5) is 0. The topological polar surface area (TPSA) is 61.0 Å². The third-order valence-corrected chi connectivity index (χ3v) is 1.49. The number of anilines is 1. The minimum absolute atomic E-state index is 0.159. The number of rotatable bonds is 2. The summed E-state index contributed by atoms with van der Waals surface area (Å²) in [5, 5.41) is 6.01. The number of hydrogen-bond donors (Lipinski definition) is 1. The Morgan fingerprint density at radius 1 is 1.00 bits per heavy atom. The summed E-state index contributed by atoms with van der Waals surface area (Å²) in [6, 6.07) is 1.72. The molecule has 0 radical (unpaired) electrons. The molecule has 96 valence electrons. The monoisotopic (exact) mass is 261 g/mol. The van der Waals surface area contributed by atoms with Crippen molar-refractivity contribution in [3.8, 4) is 5.88 Å². The number of nitrogens with zero attached hydrogens (tertiary/aromatic N) is 2. The molecular weight excluding hydrogens is 256 g/mol. The molecule has 0 atom stereocenters. The minimum Gasteiger partial charge on any atom is -0.454 e. The molecule has 0 bridgehead atoms. The molecule has 1 rings (SSSR count). The average molecular weight is 261 g/mol. The highest BCUT2D eigenvalue weighted by molar-refractivity contribution is 5.27. The van der Waals surface area contributed by atoms with Crippen LogP contribution in [0.25, 0.3) is 0 Å². The van der Waals surface area contributed by atoms with Crippen LogP contribution in [0.1, 0.15) is 0 Å². The molecular formula is C7H5F6N3O. The number of aromatic nitrogens is 2. The van der Waals surface area contributed by atoms with Gasteiger partial charge in [0, 0.05) is 6.07 Å². The van der Waals surface area contributed by atoms with E-state index in [0.29, 0.717) is 0 Å². The zero-order valence-corrected chi connectivity index (χ0v) is 7.88. The average Bonchev–Trinajstić information content (AvgIpc) is 2.13. The van der Waals surface area contributed by atoms with Crippen molar-refractivity contribution in [1.82, 2.24) is 10.2 Å². The lowest BCUT2D eigenvalue weighted by atomic mass is 10.3. The number of nitrogens with two attached hydrogens (primary N) is 1. The maximum absolute atomic E-state index is 12.1. The highest BCUT2D eigenvalue weighted by Gasteiger charge is 2.59. The Balaban J connectivity index is 2.92. The number of alkyl halides is 6. The molecule has 0 spiro atoms. The van der Waals surface area contributed by atoms with Gasteiger partial charge in [0.25, 0.3) is 6.10 Å². The molecule has 0 aliphatic carbocycles. The quantitative estimate of drug-likeness (QED) is 0.826. The van der Waals surface area contributed by atoms with Crippen molar-refractivity contribution in [2.45, 2.75) is 18.5 Å². The van der Waals surface area contributed by atoms with E-state index in [1.807, 2.05) is 0 Å². The first-order chi connectivity index (χ1) is 7.60. The Morgan fingerprint density at radius 3 is 1.88 bits per heavy atom. The molecule has 1 heterocycles. The predicted octanol–water partition coefficient (Wildman–Crippen LogP) is 1.93. The van der Waals surface area contributed by atoms with Gasteiger partial charge in [-0.05, 0) is 6.07 Å². The zero-order chi connectivity index (χ0) is 13.3. The normalized spacial score (nSPS) is 12.9. The molecule has 1 aromatic rings. The van der Waals surface area contributed by atoms with Gasteiger partial charge in [-0.2, -0.15) is 26.3 Å². The van der Waals surface area contributed by atoms with E-state index in [0.717, 1.165) is 12.1 Å². The Bertz CT molecular complexity index is 359. The molecule has 0 aliphatic rings. The fourth-order valence-electron chi connectivity index (χ4n) is 0.833. The van der Waals surface area contributed by atoms with Crippen molar-refractivity contribution < 1.29 is 31.1 Å². The lowest BCUT2D eigenvalue weighted by Crippen LogP contribution is -2.46. The van der Waals surface area contributed by atoms with Crippen molar-refractivity contribution >= 4 is 5.82 Å². The Hall–Kier alpha value is -1.74. The summed E-state index contributed by atoms with van der Waals surface area (Å²) < 4.78 is 76.1. The van der Waals surface area contributed by atoms with Crippen molar-refractivity contribution in [1.29, 1.82) is 0 Å². The first-order valence-electron chi connectivity index (χ1n) is 4.00. The summed E-state index contributed by atoms with van der Waals surface area (Å²) in [5.74, 6) is -1.08. The zero-order valence-electron chi connectivity index (χ0n) is 7.88. The van der Waals surface area contributed by atoms with Gasteiger partial charge in [0.1, 0.15) is 5.82 Å². The molecule has 10 heteroatoms. The van der Waals surface area contributed by atoms with Gasteiger partial charge in [-0.1, -0.05) is 0 Å². The van der Waals surface area contributed by atoms with Gasteiger partial charge in [-0.3, -0.25) is 0 Å². The third kappa shape index (κ3) is 3.64. The van der Waals surface area contributed by atoms with Crippen LogP contribution in [0.4, 0.5) is 32.2 Å². The van der Waals surface area contributed by atoms with Crippen LogP contribution in [0.2, 0.25) is 0 Å². The van der Waals surface area contributed by atoms with Crippen molar-refractivity contribution in [2.75, 3.05) is 5.73 Å². The summed E-state index contributed by atoms with van der Waals surface area (Å²) in [6.45, 7) is 0. The van der Waals surface area contributed by atoms with Crippen LogP contribution in [0.3, 0.4) is 0 Å². The molecule has 0 unspecified atom stereocenters. The van der Waals surface area contributed by atoms with Crippen LogP contribution in [0, 0.1) is 0 Å². The van der Waals surface area contributed by atoms with Gasteiger partial charge in [0.05, 0.1) is 0 Å². The van der Waals surface area contributed by atoms with Gasteiger partial charge in [0.15, 0.2) is 0 Å². The molecule has 0 amide bonds.